The fourth-order valence-electron chi connectivity index (χ4n) is 2.66. The lowest BCUT2D eigenvalue weighted by Gasteiger charge is -2.04. The van der Waals surface area contributed by atoms with Crippen LogP contribution in [-0.2, 0) is 6.54 Å². The fourth-order valence-corrected chi connectivity index (χ4v) is 2.90. The maximum Gasteiger partial charge on any atom is 0.182 e. The summed E-state index contributed by atoms with van der Waals surface area (Å²) in [5.41, 5.74) is 9.37. The van der Waals surface area contributed by atoms with E-state index in [0.717, 1.165) is 16.5 Å². The molecule has 2 aromatic heterocycles. The highest BCUT2D eigenvalue weighted by atomic mass is 35.5. The molecule has 0 radical (unpaired) electrons. The number of hydrogen-bond donors (Lipinski definition) is 1. The van der Waals surface area contributed by atoms with Crippen molar-refractivity contribution >= 4 is 28.5 Å². The molecule has 0 unspecified atom stereocenters. The summed E-state index contributed by atoms with van der Waals surface area (Å²) >= 11 is 6.24. The molecule has 0 aliphatic carbocycles. The van der Waals surface area contributed by atoms with Crippen LogP contribution in [0.1, 0.15) is 5.56 Å². The van der Waals surface area contributed by atoms with Gasteiger partial charge in [-0.2, -0.15) is 5.10 Å². The molecule has 2 N–H and O–H groups in total. The molecule has 0 amide bonds. The van der Waals surface area contributed by atoms with E-state index in [2.05, 4.69) is 15.3 Å². The molecule has 24 heavy (non-hydrogen) atoms. The summed E-state index contributed by atoms with van der Waals surface area (Å²) in [5, 5.41) is 14.4. The average Bonchev–Trinajstić information content (AvgIpc) is 2.92. The standard InChI is InChI=1S/C18H14ClN5/c19-15-9-5-4-8-13(15)16-10-14-17(20)23-24(18(14)22-21-16)11-12-6-2-1-3-7-12/h1-10H,11H2,(H2,20,23). The molecule has 4 aromatic rings. The number of nitrogens with two attached hydrogens (primary N) is 1. The van der Waals surface area contributed by atoms with E-state index in [0.29, 0.717) is 28.7 Å². The Balaban J connectivity index is 1.79. The molecule has 118 valence electrons. The van der Waals surface area contributed by atoms with Crippen LogP contribution in [0.15, 0.2) is 60.7 Å². The highest BCUT2D eigenvalue weighted by molar-refractivity contribution is 6.33. The minimum atomic E-state index is 0.434. The van der Waals surface area contributed by atoms with E-state index in [1.54, 1.807) is 4.68 Å². The summed E-state index contributed by atoms with van der Waals surface area (Å²) in [6, 6.07) is 19.4. The summed E-state index contributed by atoms with van der Waals surface area (Å²) in [6.45, 7) is 0.592. The predicted molar refractivity (Wildman–Crippen MR) is 95.7 cm³/mol. The van der Waals surface area contributed by atoms with E-state index in [4.69, 9.17) is 17.3 Å². The van der Waals surface area contributed by atoms with Crippen molar-refractivity contribution in [2.24, 2.45) is 0 Å². The van der Waals surface area contributed by atoms with Gasteiger partial charge in [-0.1, -0.05) is 60.1 Å². The summed E-state index contributed by atoms with van der Waals surface area (Å²) < 4.78 is 1.77. The first-order valence-corrected chi connectivity index (χ1v) is 7.89. The van der Waals surface area contributed by atoms with Gasteiger partial charge in [0.05, 0.1) is 22.6 Å². The van der Waals surface area contributed by atoms with Gasteiger partial charge in [-0.05, 0) is 17.7 Å². The van der Waals surface area contributed by atoms with E-state index in [1.807, 2.05) is 60.7 Å². The third kappa shape index (κ3) is 2.59. The molecule has 0 spiro atoms. The molecular formula is C18H14ClN5. The predicted octanol–water partition coefficient (Wildman–Crippen LogP) is 3.78. The highest BCUT2D eigenvalue weighted by Crippen LogP contribution is 2.29. The van der Waals surface area contributed by atoms with Crippen molar-refractivity contribution in [3.05, 3.63) is 71.2 Å². The molecule has 5 nitrogen and oxygen atoms in total. The first-order valence-electron chi connectivity index (χ1n) is 7.51. The van der Waals surface area contributed by atoms with Crippen LogP contribution in [0.4, 0.5) is 5.82 Å². The van der Waals surface area contributed by atoms with Crippen LogP contribution in [0.3, 0.4) is 0 Å². The van der Waals surface area contributed by atoms with Crippen molar-refractivity contribution in [1.82, 2.24) is 20.0 Å². The summed E-state index contributed by atoms with van der Waals surface area (Å²) in [5.74, 6) is 0.434. The molecule has 0 aliphatic heterocycles. The topological polar surface area (TPSA) is 69.6 Å². The molecular weight excluding hydrogens is 322 g/mol. The fraction of sp³-hybridized carbons (Fsp3) is 0.0556. The maximum absolute atomic E-state index is 6.24. The van der Waals surface area contributed by atoms with E-state index in [9.17, 15) is 0 Å². The van der Waals surface area contributed by atoms with Crippen molar-refractivity contribution in [3.8, 4) is 11.3 Å². The third-order valence-electron chi connectivity index (χ3n) is 3.85. The van der Waals surface area contributed by atoms with Gasteiger partial charge >= 0.3 is 0 Å². The first-order chi connectivity index (χ1) is 11.7. The van der Waals surface area contributed by atoms with Crippen molar-refractivity contribution in [1.29, 1.82) is 0 Å². The molecule has 2 aromatic carbocycles. The zero-order valence-electron chi connectivity index (χ0n) is 12.7. The van der Waals surface area contributed by atoms with Crippen LogP contribution in [-0.4, -0.2) is 20.0 Å². The molecule has 0 bridgehead atoms. The number of benzene rings is 2. The second kappa shape index (κ2) is 5.94. The average molecular weight is 336 g/mol. The summed E-state index contributed by atoms with van der Waals surface area (Å²) in [7, 11) is 0. The molecule has 4 rings (SSSR count). The van der Waals surface area contributed by atoms with Crippen molar-refractivity contribution < 1.29 is 0 Å². The lowest BCUT2D eigenvalue weighted by atomic mass is 10.1. The SMILES string of the molecule is Nc1nn(Cc2ccccc2)c2nnc(-c3ccccc3Cl)cc12. The number of nitrogens with zero attached hydrogens (tertiary/aromatic N) is 4. The van der Waals surface area contributed by atoms with Gasteiger partial charge in [0.1, 0.15) is 0 Å². The molecule has 6 heteroatoms. The number of nitrogen functional groups attached to an aromatic ring is 1. The molecule has 0 saturated heterocycles. The second-order valence-electron chi connectivity index (χ2n) is 5.48. The molecule has 0 fully saturated rings. The smallest absolute Gasteiger partial charge is 0.182 e. The summed E-state index contributed by atoms with van der Waals surface area (Å²) in [4.78, 5) is 0. The van der Waals surface area contributed by atoms with Gasteiger partial charge in [-0.25, -0.2) is 4.68 Å². The van der Waals surface area contributed by atoms with Crippen LogP contribution in [0.25, 0.3) is 22.3 Å². The Morgan fingerprint density at radius 2 is 1.71 bits per heavy atom. The van der Waals surface area contributed by atoms with E-state index >= 15 is 0 Å². The van der Waals surface area contributed by atoms with Gasteiger partial charge < -0.3 is 5.73 Å². The maximum atomic E-state index is 6.24. The Bertz CT molecular complexity index is 1010. The van der Waals surface area contributed by atoms with E-state index < -0.39 is 0 Å². The largest absolute Gasteiger partial charge is 0.382 e. The van der Waals surface area contributed by atoms with Gasteiger partial charge in [0.15, 0.2) is 11.5 Å². The molecule has 0 atom stereocenters. The lowest BCUT2D eigenvalue weighted by molar-refractivity contribution is 0.703. The van der Waals surface area contributed by atoms with Gasteiger partial charge in [0.25, 0.3) is 0 Å². The van der Waals surface area contributed by atoms with Crippen LogP contribution in [0.5, 0.6) is 0 Å². The second-order valence-corrected chi connectivity index (χ2v) is 5.88. The number of anilines is 1. The van der Waals surface area contributed by atoms with E-state index in [-0.39, 0.29) is 0 Å². The zero-order chi connectivity index (χ0) is 16.5. The first kappa shape index (κ1) is 14.7. The van der Waals surface area contributed by atoms with E-state index in [1.165, 1.54) is 0 Å². The minimum Gasteiger partial charge on any atom is -0.382 e. The minimum absolute atomic E-state index is 0.434. The molecule has 0 saturated carbocycles. The Kier molecular flexibility index (Phi) is 3.63. The highest BCUT2D eigenvalue weighted by Gasteiger charge is 2.13. The Morgan fingerprint density at radius 1 is 0.958 bits per heavy atom. The van der Waals surface area contributed by atoms with Gasteiger partial charge in [0, 0.05) is 5.56 Å². The van der Waals surface area contributed by atoms with Crippen molar-refractivity contribution in [2.75, 3.05) is 5.73 Å². The lowest BCUT2D eigenvalue weighted by Crippen LogP contribution is -2.03. The van der Waals surface area contributed by atoms with Gasteiger partial charge in [0.2, 0.25) is 0 Å². The normalized spacial score (nSPS) is 11.0. The molecule has 0 aliphatic rings. The number of fused-ring (bicyclic) bond motifs is 1. The van der Waals surface area contributed by atoms with Gasteiger partial charge in [-0.15, -0.1) is 10.2 Å². The van der Waals surface area contributed by atoms with Crippen molar-refractivity contribution in [2.45, 2.75) is 6.54 Å². The van der Waals surface area contributed by atoms with Crippen LogP contribution in [0, 0.1) is 0 Å². The van der Waals surface area contributed by atoms with Crippen LogP contribution in [0.2, 0.25) is 5.02 Å². The number of rotatable bonds is 3. The number of hydrogen-bond acceptors (Lipinski definition) is 4. The Labute approximate surface area is 143 Å². The third-order valence-corrected chi connectivity index (χ3v) is 4.18. The van der Waals surface area contributed by atoms with Crippen LogP contribution < -0.4 is 5.73 Å². The molecule has 2 heterocycles. The Hall–Kier alpha value is -2.92. The quantitative estimate of drug-likeness (QED) is 0.618. The number of halogens is 1. The van der Waals surface area contributed by atoms with Gasteiger partial charge in [-0.3, -0.25) is 0 Å². The Morgan fingerprint density at radius 3 is 2.50 bits per heavy atom. The van der Waals surface area contributed by atoms with Crippen LogP contribution >= 0.6 is 11.6 Å². The monoisotopic (exact) mass is 335 g/mol. The number of aromatic nitrogens is 4. The van der Waals surface area contributed by atoms with Crippen molar-refractivity contribution in [3.63, 3.8) is 0 Å². The summed E-state index contributed by atoms with van der Waals surface area (Å²) in [6.07, 6.45) is 0. The zero-order valence-corrected chi connectivity index (χ0v) is 13.5.